The quantitative estimate of drug-likeness (QED) is 0.628. The van der Waals surface area contributed by atoms with Crippen LogP contribution in [0.3, 0.4) is 0 Å². The highest BCUT2D eigenvalue weighted by molar-refractivity contribution is 5.96. The zero-order chi connectivity index (χ0) is 24.8. The van der Waals surface area contributed by atoms with Crippen molar-refractivity contribution >= 4 is 17.7 Å². The Morgan fingerprint density at radius 3 is 2.06 bits per heavy atom. The number of rotatable bonds is 8. The van der Waals surface area contributed by atoms with Crippen molar-refractivity contribution in [3.8, 4) is 0 Å². The van der Waals surface area contributed by atoms with Crippen LogP contribution in [0.4, 0.5) is 0 Å². The SMILES string of the molecule is CN(C)CC(C)(C)CNC(=O)C1CCN(C(=O)CNC(=O)c2ccc(C(C)(C)C)cc2)CC1. The molecule has 0 radical (unpaired) electrons. The van der Waals surface area contributed by atoms with E-state index in [9.17, 15) is 14.4 Å². The number of nitrogens with one attached hydrogen (secondary N) is 2. The van der Waals surface area contributed by atoms with Crippen molar-refractivity contribution in [3.05, 3.63) is 35.4 Å². The second-order valence-corrected chi connectivity index (χ2v) is 11.3. The molecule has 2 N–H and O–H groups in total. The third-order valence-corrected chi connectivity index (χ3v) is 6.12. The Morgan fingerprint density at radius 1 is 0.970 bits per heavy atom. The number of amides is 3. The first kappa shape index (κ1) is 26.8. The highest BCUT2D eigenvalue weighted by Gasteiger charge is 2.29. The van der Waals surface area contributed by atoms with Gasteiger partial charge in [0.25, 0.3) is 5.91 Å². The second kappa shape index (κ2) is 11.1. The number of carbonyl (C=O) groups excluding carboxylic acids is 3. The molecule has 7 heteroatoms. The average molecular weight is 459 g/mol. The van der Waals surface area contributed by atoms with E-state index in [0.29, 0.717) is 38.0 Å². The van der Waals surface area contributed by atoms with Crippen molar-refractivity contribution in [1.82, 2.24) is 20.4 Å². The van der Waals surface area contributed by atoms with E-state index >= 15 is 0 Å². The molecule has 0 aliphatic carbocycles. The number of benzene rings is 1. The first-order valence-corrected chi connectivity index (χ1v) is 11.9. The molecular weight excluding hydrogens is 416 g/mol. The van der Waals surface area contributed by atoms with Crippen LogP contribution in [0.25, 0.3) is 0 Å². The van der Waals surface area contributed by atoms with E-state index in [4.69, 9.17) is 0 Å². The smallest absolute Gasteiger partial charge is 0.251 e. The molecule has 1 aliphatic rings. The first-order chi connectivity index (χ1) is 15.3. The molecule has 1 aromatic carbocycles. The maximum atomic E-state index is 12.6. The van der Waals surface area contributed by atoms with Crippen molar-refractivity contribution in [2.75, 3.05) is 46.8 Å². The predicted molar refractivity (Wildman–Crippen MR) is 132 cm³/mol. The number of carbonyl (C=O) groups is 3. The molecule has 1 aliphatic heterocycles. The normalized spacial score (nSPS) is 15.5. The van der Waals surface area contributed by atoms with Crippen molar-refractivity contribution in [2.45, 2.75) is 52.9 Å². The van der Waals surface area contributed by atoms with Gasteiger partial charge in [-0.25, -0.2) is 0 Å². The lowest BCUT2D eigenvalue weighted by molar-refractivity contribution is -0.134. The largest absolute Gasteiger partial charge is 0.355 e. The van der Waals surface area contributed by atoms with Gasteiger partial charge in [0.05, 0.1) is 6.54 Å². The van der Waals surface area contributed by atoms with E-state index in [1.165, 1.54) is 0 Å². The van der Waals surface area contributed by atoms with E-state index in [0.717, 1.165) is 12.1 Å². The minimum absolute atomic E-state index is 0.00109. The Balaban J connectivity index is 1.75. The lowest BCUT2D eigenvalue weighted by atomic mass is 9.87. The molecule has 0 spiro atoms. The number of nitrogens with zero attached hydrogens (tertiary/aromatic N) is 2. The highest BCUT2D eigenvalue weighted by Crippen LogP contribution is 2.22. The topological polar surface area (TPSA) is 81.8 Å². The third kappa shape index (κ3) is 8.46. The maximum Gasteiger partial charge on any atom is 0.251 e. The van der Waals surface area contributed by atoms with E-state index < -0.39 is 0 Å². The third-order valence-electron chi connectivity index (χ3n) is 6.12. The molecule has 0 saturated carbocycles. The van der Waals surface area contributed by atoms with Crippen LogP contribution < -0.4 is 10.6 Å². The summed E-state index contributed by atoms with van der Waals surface area (Å²) in [6, 6.07) is 7.50. The van der Waals surface area contributed by atoms with Crippen LogP contribution in [0.2, 0.25) is 0 Å². The molecule has 1 fully saturated rings. The number of piperidine rings is 1. The summed E-state index contributed by atoms with van der Waals surface area (Å²) in [6.45, 7) is 13.2. The highest BCUT2D eigenvalue weighted by atomic mass is 16.2. The molecule has 7 nitrogen and oxygen atoms in total. The van der Waals surface area contributed by atoms with Gasteiger partial charge in [-0.1, -0.05) is 46.8 Å². The Labute approximate surface area is 199 Å². The van der Waals surface area contributed by atoms with Gasteiger partial charge in [-0.2, -0.15) is 0 Å². The Morgan fingerprint density at radius 2 is 1.55 bits per heavy atom. The van der Waals surface area contributed by atoms with Crippen LogP contribution in [0.1, 0.15) is 63.4 Å². The summed E-state index contributed by atoms with van der Waals surface area (Å²) in [5, 5.41) is 5.81. The van der Waals surface area contributed by atoms with Gasteiger partial charge in [0.1, 0.15) is 0 Å². The van der Waals surface area contributed by atoms with Gasteiger partial charge in [-0.05, 0) is 55.5 Å². The molecule has 33 heavy (non-hydrogen) atoms. The summed E-state index contributed by atoms with van der Waals surface area (Å²) in [5.41, 5.74) is 1.73. The monoisotopic (exact) mass is 458 g/mol. The molecule has 0 atom stereocenters. The van der Waals surface area contributed by atoms with Crippen LogP contribution in [0.15, 0.2) is 24.3 Å². The summed E-state index contributed by atoms with van der Waals surface area (Å²) in [4.78, 5) is 41.4. The zero-order valence-electron chi connectivity index (χ0n) is 21.5. The zero-order valence-corrected chi connectivity index (χ0v) is 21.5. The molecule has 1 saturated heterocycles. The van der Waals surface area contributed by atoms with E-state index in [1.807, 2.05) is 26.2 Å². The fourth-order valence-electron chi connectivity index (χ4n) is 4.27. The van der Waals surface area contributed by atoms with Gasteiger partial charge >= 0.3 is 0 Å². The summed E-state index contributed by atoms with van der Waals surface area (Å²) in [5.74, 6) is -0.361. The van der Waals surface area contributed by atoms with Crippen LogP contribution in [0, 0.1) is 11.3 Å². The fraction of sp³-hybridized carbons (Fsp3) is 0.654. The van der Waals surface area contributed by atoms with Crippen molar-refractivity contribution < 1.29 is 14.4 Å². The molecule has 0 unspecified atom stereocenters. The van der Waals surface area contributed by atoms with Gasteiger partial charge < -0.3 is 20.4 Å². The number of likely N-dealkylation sites (tertiary alicyclic amines) is 1. The van der Waals surface area contributed by atoms with Crippen LogP contribution in [-0.2, 0) is 15.0 Å². The van der Waals surface area contributed by atoms with Crippen LogP contribution in [-0.4, -0.2) is 74.3 Å². The number of hydrogen-bond acceptors (Lipinski definition) is 4. The molecule has 2 rings (SSSR count). The molecule has 184 valence electrons. The summed E-state index contributed by atoms with van der Waals surface area (Å²) in [6.07, 6.45) is 1.29. The lowest BCUT2D eigenvalue weighted by Crippen LogP contribution is -2.47. The Bertz CT molecular complexity index is 817. The average Bonchev–Trinajstić information content (AvgIpc) is 2.74. The summed E-state index contributed by atoms with van der Waals surface area (Å²) in [7, 11) is 4.06. The van der Waals surface area contributed by atoms with Crippen LogP contribution in [0.5, 0.6) is 0 Å². The van der Waals surface area contributed by atoms with Crippen LogP contribution >= 0.6 is 0 Å². The first-order valence-electron chi connectivity index (χ1n) is 11.9. The van der Waals surface area contributed by atoms with Gasteiger partial charge in [-0.3, -0.25) is 14.4 Å². The Hall–Kier alpha value is -2.41. The van der Waals surface area contributed by atoms with E-state index in [2.05, 4.69) is 50.2 Å². The van der Waals surface area contributed by atoms with Gasteiger partial charge in [0.15, 0.2) is 0 Å². The minimum Gasteiger partial charge on any atom is -0.355 e. The lowest BCUT2D eigenvalue weighted by Gasteiger charge is -2.33. The predicted octanol–water partition coefficient (Wildman–Crippen LogP) is 2.66. The molecule has 3 amide bonds. The van der Waals surface area contributed by atoms with E-state index in [-0.39, 0.29) is 41.0 Å². The van der Waals surface area contributed by atoms with Gasteiger partial charge in [0, 0.05) is 37.7 Å². The number of hydrogen-bond donors (Lipinski definition) is 2. The standard InChI is InChI=1S/C26H42N4O3/c1-25(2,3)21-10-8-19(9-11-21)23(32)27-16-22(31)30-14-12-20(13-15-30)24(33)28-17-26(4,5)18-29(6)7/h8-11,20H,12-18H2,1-7H3,(H,27,32)(H,28,33). The molecule has 1 heterocycles. The van der Waals surface area contributed by atoms with Gasteiger partial charge in [-0.15, -0.1) is 0 Å². The summed E-state index contributed by atoms with van der Waals surface area (Å²) < 4.78 is 0. The maximum absolute atomic E-state index is 12.6. The minimum atomic E-state index is -0.251. The van der Waals surface area contributed by atoms with Crippen molar-refractivity contribution in [3.63, 3.8) is 0 Å². The van der Waals surface area contributed by atoms with Crippen molar-refractivity contribution in [2.24, 2.45) is 11.3 Å². The van der Waals surface area contributed by atoms with E-state index in [1.54, 1.807) is 17.0 Å². The summed E-state index contributed by atoms with van der Waals surface area (Å²) >= 11 is 0. The van der Waals surface area contributed by atoms with Crippen molar-refractivity contribution in [1.29, 1.82) is 0 Å². The fourth-order valence-corrected chi connectivity index (χ4v) is 4.27. The Kier molecular flexibility index (Phi) is 9.06. The molecule has 1 aromatic rings. The molecule has 0 aromatic heterocycles. The second-order valence-electron chi connectivity index (χ2n) is 11.3. The molecule has 0 bridgehead atoms. The van der Waals surface area contributed by atoms with Gasteiger partial charge in [0.2, 0.25) is 11.8 Å². The molecular formula is C26H42N4O3.